The van der Waals surface area contributed by atoms with Crippen LogP contribution >= 0.6 is 0 Å². The fraction of sp³-hybridized carbons (Fsp3) is 0.0417. The lowest BCUT2D eigenvalue weighted by Crippen LogP contribution is -2.18. The molecule has 5 nitrogen and oxygen atoms in total. The minimum atomic E-state index is -3.77. The molecule has 156 valence electrons. The summed E-state index contributed by atoms with van der Waals surface area (Å²) in [5.74, 6) is 0.349. The highest BCUT2D eigenvalue weighted by molar-refractivity contribution is 7.89. The van der Waals surface area contributed by atoms with E-state index in [0.717, 1.165) is 16.3 Å². The monoisotopic (exact) mass is 434 g/mol. The Morgan fingerprint density at radius 3 is 2.32 bits per heavy atom. The van der Waals surface area contributed by atoms with E-state index in [1.165, 1.54) is 18.3 Å². The maximum atomic E-state index is 12.9. The number of benzene rings is 4. The molecular weight excluding hydrogens is 415 g/mol. The van der Waals surface area contributed by atoms with Crippen molar-refractivity contribution in [3.05, 3.63) is 108 Å². The summed E-state index contributed by atoms with van der Waals surface area (Å²) in [5.41, 5.74) is 1.56. The first kappa shape index (κ1) is 20.6. The summed E-state index contributed by atoms with van der Waals surface area (Å²) in [7, 11) is -3.77. The molecule has 0 bridgehead atoms. The zero-order valence-electron chi connectivity index (χ0n) is 16.4. The molecule has 4 rings (SSSR count). The van der Waals surface area contributed by atoms with Gasteiger partial charge in [-0.15, -0.1) is 0 Å². The van der Waals surface area contributed by atoms with Gasteiger partial charge in [-0.1, -0.05) is 42.5 Å². The van der Waals surface area contributed by atoms with Gasteiger partial charge in [-0.25, -0.2) is 9.22 Å². The lowest BCUT2D eigenvalue weighted by molar-refractivity contribution is 0.306. The Bertz CT molecular complexity index is 1320. The van der Waals surface area contributed by atoms with Crippen LogP contribution in [0.5, 0.6) is 5.75 Å². The largest absolute Gasteiger partial charge is 0.489 e. The molecule has 7 heteroatoms. The van der Waals surface area contributed by atoms with E-state index in [1.54, 1.807) is 54.6 Å². The summed E-state index contributed by atoms with van der Waals surface area (Å²) in [6, 6.07) is 25.6. The molecule has 0 fully saturated rings. The molecule has 4 aromatic rings. The average Bonchev–Trinajstić information content (AvgIpc) is 2.79. The van der Waals surface area contributed by atoms with E-state index in [-0.39, 0.29) is 10.7 Å². The number of hydrogen-bond donors (Lipinski definition) is 1. The Morgan fingerprint density at radius 2 is 1.58 bits per heavy atom. The molecule has 31 heavy (non-hydrogen) atoms. The zero-order valence-corrected chi connectivity index (χ0v) is 17.2. The third-order valence-electron chi connectivity index (χ3n) is 4.62. The van der Waals surface area contributed by atoms with Gasteiger partial charge in [0, 0.05) is 0 Å². The first-order valence-electron chi connectivity index (χ1n) is 9.51. The second kappa shape index (κ2) is 8.97. The number of fused-ring (bicyclic) bond motifs is 1. The molecule has 0 aliphatic rings. The number of sulfonamides is 1. The third kappa shape index (κ3) is 5.26. The quantitative estimate of drug-likeness (QED) is 0.333. The van der Waals surface area contributed by atoms with Crippen LogP contribution < -0.4 is 9.57 Å². The molecule has 0 saturated carbocycles. The SMILES string of the molecule is O=S(=O)(NN=Cc1ccc(OCc2ccc(F)cc2)cc1)c1ccc2ccccc2c1. The first-order chi connectivity index (χ1) is 15.0. The minimum absolute atomic E-state index is 0.146. The van der Waals surface area contributed by atoms with Crippen molar-refractivity contribution in [3.8, 4) is 5.75 Å². The van der Waals surface area contributed by atoms with Crippen molar-refractivity contribution in [2.24, 2.45) is 5.10 Å². The summed E-state index contributed by atoms with van der Waals surface area (Å²) < 4.78 is 43.6. The highest BCUT2D eigenvalue weighted by atomic mass is 32.2. The number of halogens is 1. The van der Waals surface area contributed by atoms with Crippen molar-refractivity contribution in [1.29, 1.82) is 0 Å². The Labute approximate surface area is 179 Å². The van der Waals surface area contributed by atoms with E-state index in [4.69, 9.17) is 4.74 Å². The molecule has 0 spiro atoms. The molecule has 0 heterocycles. The number of nitrogens with one attached hydrogen (secondary N) is 1. The van der Waals surface area contributed by atoms with Crippen molar-refractivity contribution >= 4 is 27.0 Å². The van der Waals surface area contributed by atoms with Gasteiger partial charge in [0.1, 0.15) is 18.2 Å². The predicted octanol–water partition coefficient (Wildman–Crippen LogP) is 4.87. The second-order valence-electron chi connectivity index (χ2n) is 6.85. The summed E-state index contributed by atoms with van der Waals surface area (Å²) >= 11 is 0. The van der Waals surface area contributed by atoms with Gasteiger partial charge in [0.2, 0.25) is 0 Å². The molecule has 0 amide bonds. The summed E-state index contributed by atoms with van der Waals surface area (Å²) in [4.78, 5) is 2.38. The van der Waals surface area contributed by atoms with Gasteiger partial charge >= 0.3 is 0 Å². The van der Waals surface area contributed by atoms with Gasteiger partial charge in [-0.2, -0.15) is 13.5 Å². The molecular formula is C24H19FN2O3S. The second-order valence-corrected chi connectivity index (χ2v) is 8.51. The van der Waals surface area contributed by atoms with E-state index in [2.05, 4.69) is 9.93 Å². The van der Waals surface area contributed by atoms with Crippen LogP contribution in [0.1, 0.15) is 11.1 Å². The fourth-order valence-electron chi connectivity index (χ4n) is 2.95. The number of ether oxygens (including phenoxy) is 1. The van der Waals surface area contributed by atoms with Crippen LogP contribution in [0.15, 0.2) is 101 Å². The molecule has 0 radical (unpaired) electrons. The van der Waals surface area contributed by atoms with Gasteiger partial charge in [-0.05, 0) is 70.4 Å². The van der Waals surface area contributed by atoms with E-state index >= 15 is 0 Å². The lowest BCUT2D eigenvalue weighted by atomic mass is 10.1. The summed E-state index contributed by atoms with van der Waals surface area (Å²) in [6.07, 6.45) is 1.42. The van der Waals surface area contributed by atoms with Crippen molar-refractivity contribution < 1.29 is 17.5 Å². The highest BCUT2D eigenvalue weighted by Gasteiger charge is 2.13. The van der Waals surface area contributed by atoms with Crippen molar-refractivity contribution in [3.63, 3.8) is 0 Å². The van der Waals surface area contributed by atoms with Gasteiger partial charge in [-0.3, -0.25) is 0 Å². The normalized spacial score (nSPS) is 11.6. The Kier molecular flexibility index (Phi) is 5.95. The number of hydrazone groups is 1. The number of hydrogen-bond acceptors (Lipinski definition) is 4. The number of rotatable bonds is 7. The Balaban J connectivity index is 1.37. The van der Waals surface area contributed by atoms with Crippen LogP contribution in [0.2, 0.25) is 0 Å². The van der Waals surface area contributed by atoms with Crippen LogP contribution in [0.3, 0.4) is 0 Å². The van der Waals surface area contributed by atoms with E-state index in [9.17, 15) is 12.8 Å². The van der Waals surface area contributed by atoms with Crippen LogP contribution in [-0.4, -0.2) is 14.6 Å². The summed E-state index contributed by atoms with van der Waals surface area (Å²) in [5, 5.41) is 5.66. The van der Waals surface area contributed by atoms with Gasteiger partial charge in [0.05, 0.1) is 11.1 Å². The van der Waals surface area contributed by atoms with E-state index in [1.807, 2.05) is 24.3 Å². The predicted molar refractivity (Wildman–Crippen MR) is 119 cm³/mol. The van der Waals surface area contributed by atoms with Gasteiger partial charge in [0.15, 0.2) is 0 Å². The molecule has 1 N–H and O–H groups in total. The first-order valence-corrected chi connectivity index (χ1v) is 11.0. The molecule has 0 atom stereocenters. The molecule has 4 aromatic carbocycles. The number of nitrogens with zero attached hydrogens (tertiary/aromatic N) is 1. The highest BCUT2D eigenvalue weighted by Crippen LogP contribution is 2.19. The average molecular weight is 434 g/mol. The fourth-order valence-corrected chi connectivity index (χ4v) is 3.78. The summed E-state index contributed by atoms with van der Waals surface area (Å²) in [6.45, 7) is 0.319. The van der Waals surface area contributed by atoms with Crippen molar-refractivity contribution in [2.45, 2.75) is 11.5 Å². The maximum Gasteiger partial charge on any atom is 0.276 e. The van der Waals surface area contributed by atoms with E-state index < -0.39 is 10.0 Å². The Morgan fingerprint density at radius 1 is 0.871 bits per heavy atom. The molecule has 0 unspecified atom stereocenters. The third-order valence-corrected chi connectivity index (χ3v) is 5.84. The lowest BCUT2D eigenvalue weighted by Gasteiger charge is -2.07. The van der Waals surface area contributed by atoms with Crippen LogP contribution in [0.25, 0.3) is 10.8 Å². The van der Waals surface area contributed by atoms with Crippen LogP contribution in [0, 0.1) is 5.82 Å². The van der Waals surface area contributed by atoms with Crippen molar-refractivity contribution in [1.82, 2.24) is 4.83 Å². The topological polar surface area (TPSA) is 67.8 Å². The van der Waals surface area contributed by atoms with Crippen molar-refractivity contribution in [2.75, 3.05) is 0 Å². The molecule has 0 aromatic heterocycles. The smallest absolute Gasteiger partial charge is 0.276 e. The van der Waals surface area contributed by atoms with Gasteiger partial charge < -0.3 is 4.74 Å². The molecule has 0 saturated heterocycles. The molecule has 0 aliphatic heterocycles. The van der Waals surface area contributed by atoms with Gasteiger partial charge in [0.25, 0.3) is 10.0 Å². The minimum Gasteiger partial charge on any atom is -0.489 e. The van der Waals surface area contributed by atoms with Crippen LogP contribution in [-0.2, 0) is 16.6 Å². The van der Waals surface area contributed by atoms with Crippen LogP contribution in [0.4, 0.5) is 4.39 Å². The van der Waals surface area contributed by atoms with E-state index in [0.29, 0.717) is 17.9 Å². The standard InChI is InChI=1S/C24H19FN2O3S/c25-22-10-5-19(6-11-22)17-30-23-12-7-18(8-13-23)16-26-27-31(28,29)24-14-9-20-3-1-2-4-21(20)15-24/h1-16,27H,17H2. The molecule has 0 aliphatic carbocycles. The zero-order chi connectivity index (χ0) is 21.7. The Hall–Kier alpha value is -3.71. The maximum absolute atomic E-state index is 12.9.